The highest BCUT2D eigenvalue weighted by molar-refractivity contribution is 5.56. The van der Waals surface area contributed by atoms with Crippen LogP contribution in [0.5, 0.6) is 11.5 Å². The zero-order chi connectivity index (χ0) is 20.9. The molecule has 1 unspecified atom stereocenters. The van der Waals surface area contributed by atoms with E-state index >= 15 is 0 Å². The number of aliphatic hydroxyl groups excluding tert-OH is 2. The van der Waals surface area contributed by atoms with Crippen LogP contribution in [0.25, 0.3) is 0 Å². The van der Waals surface area contributed by atoms with Crippen molar-refractivity contribution in [1.29, 1.82) is 0 Å². The van der Waals surface area contributed by atoms with Crippen molar-refractivity contribution in [2.75, 3.05) is 37.9 Å². The molecular weight excluding hydrogens is 364 g/mol. The summed E-state index contributed by atoms with van der Waals surface area (Å²) in [4.78, 5) is 0. The Morgan fingerprint density at radius 3 is 2.14 bits per heavy atom. The molecule has 156 valence electrons. The van der Waals surface area contributed by atoms with Gasteiger partial charge in [0, 0.05) is 13.7 Å². The summed E-state index contributed by atoms with van der Waals surface area (Å²) >= 11 is 0. The molecule has 8 heteroatoms. The van der Waals surface area contributed by atoms with Crippen LogP contribution < -0.4 is 11.1 Å². The number of ether oxygens (including phenoxy) is 2. The Hall–Kier alpha value is -2.52. The number of anilines is 2. The lowest BCUT2D eigenvalue weighted by Gasteiger charge is -2.09. The molecule has 0 bridgehead atoms. The highest BCUT2D eigenvalue weighted by atomic mass is 16.5. The number of hydrogen-bond donors (Lipinski definition) is 6. The monoisotopic (exact) mass is 394 g/mol. The standard InChI is InChI=1S/C11H17NO4.C9H13NO2/c1-12-10-3-2-8(4-11(10)15)6-16-7-9(14)5-13;1-2-12-6-7-3-4-8(10)9(11)5-7/h2-4,9,12-15H,5-7H2,1H3;3-5,11H,2,6,10H2,1H3. The largest absolute Gasteiger partial charge is 0.506 e. The van der Waals surface area contributed by atoms with Crippen LogP contribution in [0.15, 0.2) is 36.4 Å². The van der Waals surface area contributed by atoms with E-state index in [1.54, 1.807) is 31.3 Å². The van der Waals surface area contributed by atoms with Gasteiger partial charge < -0.3 is 41.0 Å². The molecule has 2 rings (SSSR count). The van der Waals surface area contributed by atoms with Crippen LogP contribution in [0.1, 0.15) is 18.1 Å². The van der Waals surface area contributed by atoms with Crippen LogP contribution in [-0.2, 0) is 22.7 Å². The van der Waals surface area contributed by atoms with Gasteiger partial charge in [-0.2, -0.15) is 0 Å². The van der Waals surface area contributed by atoms with Crippen molar-refractivity contribution in [2.45, 2.75) is 26.2 Å². The molecule has 0 aliphatic rings. The highest BCUT2D eigenvalue weighted by Gasteiger charge is 2.04. The molecule has 0 saturated heterocycles. The number of nitrogen functional groups attached to an aromatic ring is 1. The number of benzene rings is 2. The maximum atomic E-state index is 9.54. The molecular formula is C20H30N2O6. The minimum absolute atomic E-state index is 0.0744. The van der Waals surface area contributed by atoms with Crippen molar-refractivity contribution in [3.63, 3.8) is 0 Å². The summed E-state index contributed by atoms with van der Waals surface area (Å²) in [5, 5.41) is 39.2. The molecule has 1 atom stereocenters. The highest BCUT2D eigenvalue weighted by Crippen LogP contribution is 2.24. The topological polar surface area (TPSA) is 137 Å². The van der Waals surface area contributed by atoms with Crippen LogP contribution in [0.2, 0.25) is 0 Å². The van der Waals surface area contributed by atoms with E-state index in [0.717, 1.165) is 11.1 Å². The van der Waals surface area contributed by atoms with E-state index in [9.17, 15) is 10.2 Å². The molecule has 0 aromatic heterocycles. The van der Waals surface area contributed by atoms with Gasteiger partial charge in [0.25, 0.3) is 0 Å². The molecule has 0 radical (unpaired) electrons. The fraction of sp³-hybridized carbons (Fsp3) is 0.400. The van der Waals surface area contributed by atoms with Gasteiger partial charge in [-0.1, -0.05) is 12.1 Å². The lowest BCUT2D eigenvalue weighted by molar-refractivity contribution is -0.00000276. The van der Waals surface area contributed by atoms with Crippen molar-refractivity contribution in [2.24, 2.45) is 0 Å². The number of phenols is 2. The van der Waals surface area contributed by atoms with E-state index < -0.39 is 6.10 Å². The number of nitrogens with one attached hydrogen (secondary N) is 1. The third kappa shape index (κ3) is 8.45. The second-order valence-corrected chi connectivity index (χ2v) is 5.98. The number of phenolic OH excluding ortho intramolecular Hbond substituents is 2. The summed E-state index contributed by atoms with van der Waals surface area (Å²) in [5.74, 6) is 0.276. The first-order valence-corrected chi connectivity index (χ1v) is 8.92. The maximum Gasteiger partial charge on any atom is 0.139 e. The van der Waals surface area contributed by atoms with E-state index in [1.165, 1.54) is 0 Å². The smallest absolute Gasteiger partial charge is 0.139 e. The first-order valence-electron chi connectivity index (χ1n) is 8.92. The summed E-state index contributed by atoms with van der Waals surface area (Å²) in [6.45, 7) is 3.16. The molecule has 0 aliphatic heterocycles. The lowest BCUT2D eigenvalue weighted by Crippen LogP contribution is -2.19. The zero-order valence-corrected chi connectivity index (χ0v) is 16.3. The number of aliphatic hydroxyl groups is 2. The minimum Gasteiger partial charge on any atom is -0.506 e. The van der Waals surface area contributed by atoms with Crippen molar-refractivity contribution >= 4 is 11.4 Å². The fourth-order valence-corrected chi connectivity index (χ4v) is 2.14. The first-order chi connectivity index (χ1) is 13.4. The third-order valence-corrected chi connectivity index (χ3v) is 3.69. The summed E-state index contributed by atoms with van der Waals surface area (Å²) in [6.07, 6.45) is -0.856. The second kappa shape index (κ2) is 12.8. The van der Waals surface area contributed by atoms with Gasteiger partial charge in [0.2, 0.25) is 0 Å². The molecule has 0 spiro atoms. The quantitative estimate of drug-likeness (QED) is 0.280. The van der Waals surface area contributed by atoms with Crippen molar-refractivity contribution in [3.8, 4) is 11.5 Å². The Kier molecular flexibility index (Phi) is 10.7. The van der Waals surface area contributed by atoms with Gasteiger partial charge in [-0.3, -0.25) is 0 Å². The van der Waals surface area contributed by atoms with E-state index in [-0.39, 0.29) is 31.3 Å². The van der Waals surface area contributed by atoms with Gasteiger partial charge in [0.1, 0.15) is 17.6 Å². The number of nitrogens with two attached hydrogens (primary N) is 1. The van der Waals surface area contributed by atoms with Crippen LogP contribution in [0.3, 0.4) is 0 Å². The average molecular weight is 394 g/mol. The van der Waals surface area contributed by atoms with Crippen LogP contribution in [0.4, 0.5) is 11.4 Å². The molecule has 0 amide bonds. The van der Waals surface area contributed by atoms with Gasteiger partial charge in [0.05, 0.1) is 37.8 Å². The SMILES string of the molecule is CCOCc1ccc(N)c(O)c1.CNc1ccc(COCC(O)CO)cc1O. The Labute approximate surface area is 165 Å². The fourth-order valence-electron chi connectivity index (χ4n) is 2.14. The molecule has 0 heterocycles. The normalized spacial score (nSPS) is 11.4. The van der Waals surface area contributed by atoms with Gasteiger partial charge in [0.15, 0.2) is 0 Å². The van der Waals surface area contributed by atoms with E-state index in [2.05, 4.69) is 5.32 Å². The van der Waals surface area contributed by atoms with E-state index in [0.29, 0.717) is 24.6 Å². The van der Waals surface area contributed by atoms with E-state index in [4.69, 9.17) is 25.4 Å². The Bertz CT molecular complexity index is 711. The summed E-state index contributed by atoms with van der Waals surface area (Å²) in [6, 6.07) is 10.3. The van der Waals surface area contributed by atoms with Crippen molar-refractivity contribution in [1.82, 2.24) is 0 Å². The molecule has 28 heavy (non-hydrogen) atoms. The Balaban J connectivity index is 0.000000292. The molecule has 0 aliphatic carbocycles. The number of hydrogen-bond acceptors (Lipinski definition) is 8. The van der Waals surface area contributed by atoms with Crippen LogP contribution in [0, 0.1) is 0 Å². The third-order valence-electron chi connectivity index (χ3n) is 3.69. The van der Waals surface area contributed by atoms with Crippen molar-refractivity contribution < 1.29 is 29.9 Å². The maximum absolute atomic E-state index is 9.54. The van der Waals surface area contributed by atoms with Gasteiger partial charge in [-0.05, 0) is 42.3 Å². The molecule has 0 saturated carbocycles. The molecule has 0 fully saturated rings. The zero-order valence-electron chi connectivity index (χ0n) is 16.3. The predicted octanol–water partition coefficient (Wildman–Crippen LogP) is 1.81. The van der Waals surface area contributed by atoms with Crippen LogP contribution in [-0.4, -0.2) is 53.4 Å². The van der Waals surface area contributed by atoms with Gasteiger partial charge in [-0.25, -0.2) is 0 Å². The summed E-state index contributed by atoms with van der Waals surface area (Å²) < 4.78 is 10.3. The molecule has 2 aromatic carbocycles. The second-order valence-electron chi connectivity index (χ2n) is 5.98. The first kappa shape index (κ1) is 23.5. The number of rotatable bonds is 9. The lowest BCUT2D eigenvalue weighted by atomic mass is 10.2. The Morgan fingerprint density at radius 2 is 1.61 bits per heavy atom. The Morgan fingerprint density at radius 1 is 1.00 bits per heavy atom. The average Bonchev–Trinajstić information content (AvgIpc) is 2.69. The van der Waals surface area contributed by atoms with E-state index in [1.807, 2.05) is 19.1 Å². The predicted molar refractivity (Wildman–Crippen MR) is 108 cm³/mol. The molecule has 2 aromatic rings. The van der Waals surface area contributed by atoms with Gasteiger partial charge >= 0.3 is 0 Å². The minimum atomic E-state index is -0.856. The van der Waals surface area contributed by atoms with Crippen molar-refractivity contribution in [3.05, 3.63) is 47.5 Å². The number of aromatic hydroxyl groups is 2. The van der Waals surface area contributed by atoms with Crippen LogP contribution >= 0.6 is 0 Å². The molecule has 7 N–H and O–H groups in total. The van der Waals surface area contributed by atoms with Gasteiger partial charge in [-0.15, -0.1) is 0 Å². The summed E-state index contributed by atoms with van der Waals surface area (Å²) in [5.41, 5.74) is 8.22. The molecule has 8 nitrogen and oxygen atoms in total. The summed E-state index contributed by atoms with van der Waals surface area (Å²) in [7, 11) is 1.73.